The molecule has 0 saturated carbocycles. The number of primary amides is 1. The van der Waals surface area contributed by atoms with Gasteiger partial charge in [-0.05, 0) is 37.6 Å². The van der Waals surface area contributed by atoms with Gasteiger partial charge in [0.15, 0.2) is 0 Å². The van der Waals surface area contributed by atoms with Crippen LogP contribution < -0.4 is 11.1 Å². The maximum absolute atomic E-state index is 13.6. The van der Waals surface area contributed by atoms with Crippen LogP contribution in [-0.4, -0.2) is 22.0 Å². The maximum atomic E-state index is 13.6. The predicted octanol–water partition coefficient (Wildman–Crippen LogP) is 1.69. The van der Waals surface area contributed by atoms with Gasteiger partial charge in [-0.25, -0.2) is 9.37 Å². The van der Waals surface area contributed by atoms with E-state index < -0.39 is 5.91 Å². The normalized spacial score (nSPS) is 10.7. The van der Waals surface area contributed by atoms with Crippen LogP contribution >= 0.6 is 0 Å². The van der Waals surface area contributed by atoms with Crippen molar-refractivity contribution in [2.75, 3.05) is 6.54 Å². The first-order chi connectivity index (χ1) is 10.2. The molecule has 112 valence electrons. The molecule has 2 aromatic rings. The first-order valence-corrected chi connectivity index (χ1v) is 6.91. The summed E-state index contributed by atoms with van der Waals surface area (Å²) < 4.78 is 15.6. The van der Waals surface area contributed by atoms with Gasteiger partial charge < -0.3 is 15.6 Å². The highest BCUT2D eigenvalue weighted by molar-refractivity contribution is 5.92. The molecule has 21 heavy (non-hydrogen) atoms. The molecule has 0 atom stereocenters. The first kappa shape index (κ1) is 15.2. The second-order valence-electron chi connectivity index (χ2n) is 4.85. The molecule has 0 aliphatic rings. The summed E-state index contributed by atoms with van der Waals surface area (Å²) in [7, 11) is 0. The minimum absolute atomic E-state index is 0.327. The average Bonchev–Trinajstić information content (AvgIpc) is 2.97. The number of carbonyl (C=O) groups excluding carboxylic acids is 1. The number of imidazole rings is 1. The van der Waals surface area contributed by atoms with E-state index in [-0.39, 0.29) is 5.82 Å². The van der Waals surface area contributed by atoms with Crippen LogP contribution in [-0.2, 0) is 13.1 Å². The Kier molecular flexibility index (Phi) is 5.45. The lowest BCUT2D eigenvalue weighted by atomic mass is 10.1. The molecule has 3 N–H and O–H groups in total. The molecule has 0 spiro atoms. The highest BCUT2D eigenvalue weighted by Gasteiger charge is 2.06. The highest BCUT2D eigenvalue weighted by atomic mass is 19.1. The van der Waals surface area contributed by atoms with Crippen LogP contribution in [0.25, 0.3) is 0 Å². The molecule has 2 rings (SSSR count). The Morgan fingerprint density at radius 3 is 2.95 bits per heavy atom. The van der Waals surface area contributed by atoms with Crippen molar-refractivity contribution in [3.63, 3.8) is 0 Å². The van der Waals surface area contributed by atoms with Crippen LogP contribution in [0.1, 0.15) is 28.8 Å². The molecule has 0 aliphatic heterocycles. The smallest absolute Gasteiger partial charge is 0.248 e. The van der Waals surface area contributed by atoms with Crippen molar-refractivity contribution in [1.82, 2.24) is 14.9 Å². The number of hydrogen-bond donors (Lipinski definition) is 2. The number of carbonyl (C=O) groups is 1. The minimum atomic E-state index is -0.545. The van der Waals surface area contributed by atoms with E-state index in [4.69, 9.17) is 5.73 Å². The van der Waals surface area contributed by atoms with E-state index in [2.05, 4.69) is 10.3 Å². The van der Waals surface area contributed by atoms with E-state index in [9.17, 15) is 9.18 Å². The van der Waals surface area contributed by atoms with Crippen molar-refractivity contribution in [2.45, 2.75) is 25.9 Å². The number of aromatic nitrogens is 2. The Labute approximate surface area is 123 Å². The SMILES string of the molecule is NC(=O)c1ccc(F)c(CNCCCCn2ccnc2)c1. The van der Waals surface area contributed by atoms with Crippen molar-refractivity contribution >= 4 is 5.91 Å². The van der Waals surface area contributed by atoms with Gasteiger partial charge in [0.2, 0.25) is 5.91 Å². The van der Waals surface area contributed by atoms with Crippen molar-refractivity contribution in [1.29, 1.82) is 0 Å². The van der Waals surface area contributed by atoms with Crippen LogP contribution in [0.15, 0.2) is 36.9 Å². The monoisotopic (exact) mass is 290 g/mol. The molecule has 1 aromatic carbocycles. The van der Waals surface area contributed by atoms with E-state index in [1.54, 1.807) is 12.5 Å². The van der Waals surface area contributed by atoms with Gasteiger partial charge in [0.25, 0.3) is 0 Å². The number of benzene rings is 1. The summed E-state index contributed by atoms with van der Waals surface area (Å²) in [5.74, 6) is -0.873. The van der Waals surface area contributed by atoms with Gasteiger partial charge in [0.1, 0.15) is 5.82 Å². The number of amides is 1. The fourth-order valence-corrected chi connectivity index (χ4v) is 2.05. The summed E-state index contributed by atoms with van der Waals surface area (Å²) in [6, 6.07) is 4.17. The van der Waals surface area contributed by atoms with E-state index in [0.29, 0.717) is 17.7 Å². The Balaban J connectivity index is 1.70. The topological polar surface area (TPSA) is 72.9 Å². The van der Waals surface area contributed by atoms with Gasteiger partial charge in [-0.3, -0.25) is 4.79 Å². The quantitative estimate of drug-likeness (QED) is 0.727. The van der Waals surface area contributed by atoms with Crippen LogP contribution in [0.4, 0.5) is 4.39 Å². The lowest BCUT2D eigenvalue weighted by Crippen LogP contribution is -2.17. The predicted molar refractivity (Wildman–Crippen MR) is 78.1 cm³/mol. The fourth-order valence-electron chi connectivity index (χ4n) is 2.05. The van der Waals surface area contributed by atoms with Crippen molar-refractivity contribution in [2.24, 2.45) is 5.73 Å². The molecule has 0 aliphatic carbocycles. The number of halogens is 1. The number of rotatable bonds is 8. The molecule has 5 nitrogen and oxygen atoms in total. The highest BCUT2D eigenvalue weighted by Crippen LogP contribution is 2.10. The summed E-state index contributed by atoms with van der Waals surface area (Å²) in [6.45, 7) is 2.10. The van der Waals surface area contributed by atoms with E-state index >= 15 is 0 Å². The van der Waals surface area contributed by atoms with Gasteiger partial charge in [0, 0.05) is 36.6 Å². The van der Waals surface area contributed by atoms with Crippen molar-refractivity contribution in [3.05, 3.63) is 53.9 Å². The van der Waals surface area contributed by atoms with Crippen LogP contribution in [0.5, 0.6) is 0 Å². The Hall–Kier alpha value is -2.21. The molecule has 6 heteroatoms. The third-order valence-electron chi connectivity index (χ3n) is 3.22. The molecular formula is C15H19FN4O. The number of hydrogen-bond acceptors (Lipinski definition) is 3. The van der Waals surface area contributed by atoms with E-state index in [1.807, 2.05) is 10.8 Å². The fraction of sp³-hybridized carbons (Fsp3) is 0.333. The Morgan fingerprint density at radius 1 is 1.38 bits per heavy atom. The molecule has 1 aromatic heterocycles. The van der Waals surface area contributed by atoms with E-state index in [0.717, 1.165) is 25.9 Å². The number of nitrogens with zero attached hydrogens (tertiary/aromatic N) is 2. The second-order valence-corrected chi connectivity index (χ2v) is 4.85. The number of nitrogens with one attached hydrogen (secondary N) is 1. The summed E-state index contributed by atoms with van der Waals surface area (Å²) in [4.78, 5) is 15.0. The number of nitrogens with two attached hydrogens (primary N) is 1. The van der Waals surface area contributed by atoms with Gasteiger partial charge in [0.05, 0.1) is 6.33 Å². The zero-order valence-corrected chi connectivity index (χ0v) is 11.8. The van der Waals surface area contributed by atoms with Crippen LogP contribution in [0.3, 0.4) is 0 Å². The molecule has 0 saturated heterocycles. The van der Waals surface area contributed by atoms with Gasteiger partial charge in [-0.15, -0.1) is 0 Å². The standard InChI is InChI=1S/C15H19FN4O/c16-14-4-3-12(15(17)21)9-13(14)10-18-5-1-2-7-20-8-6-19-11-20/h3-4,6,8-9,11,18H,1-2,5,7,10H2,(H2,17,21). The summed E-state index contributed by atoms with van der Waals surface area (Å²) in [5.41, 5.74) is 5.97. The lowest BCUT2D eigenvalue weighted by molar-refractivity contribution is 0.1000. The molecule has 1 heterocycles. The van der Waals surface area contributed by atoms with E-state index in [1.165, 1.54) is 18.2 Å². The van der Waals surface area contributed by atoms with Gasteiger partial charge in [-0.1, -0.05) is 0 Å². The molecule has 0 fully saturated rings. The zero-order chi connectivity index (χ0) is 15.1. The first-order valence-electron chi connectivity index (χ1n) is 6.91. The third-order valence-corrected chi connectivity index (χ3v) is 3.22. The summed E-state index contributed by atoms with van der Waals surface area (Å²) >= 11 is 0. The van der Waals surface area contributed by atoms with Crippen LogP contribution in [0.2, 0.25) is 0 Å². The summed E-state index contributed by atoms with van der Waals surface area (Å²) in [5, 5.41) is 3.17. The second kappa shape index (κ2) is 7.54. The average molecular weight is 290 g/mol. The zero-order valence-electron chi connectivity index (χ0n) is 11.8. The van der Waals surface area contributed by atoms with Gasteiger partial charge in [-0.2, -0.15) is 0 Å². The largest absolute Gasteiger partial charge is 0.366 e. The van der Waals surface area contributed by atoms with Crippen molar-refractivity contribution in [3.8, 4) is 0 Å². The van der Waals surface area contributed by atoms with Crippen molar-refractivity contribution < 1.29 is 9.18 Å². The Bertz CT molecular complexity index is 583. The molecular weight excluding hydrogens is 271 g/mol. The molecule has 1 amide bonds. The van der Waals surface area contributed by atoms with Gasteiger partial charge >= 0.3 is 0 Å². The lowest BCUT2D eigenvalue weighted by Gasteiger charge is -2.07. The Morgan fingerprint density at radius 2 is 2.24 bits per heavy atom. The molecule has 0 radical (unpaired) electrons. The summed E-state index contributed by atoms with van der Waals surface area (Å²) in [6.07, 6.45) is 7.48. The minimum Gasteiger partial charge on any atom is -0.366 e. The molecule has 0 bridgehead atoms. The third kappa shape index (κ3) is 4.68. The number of aryl methyl sites for hydroxylation is 1. The maximum Gasteiger partial charge on any atom is 0.248 e. The molecule has 0 unspecified atom stereocenters. The van der Waals surface area contributed by atoms with Crippen LogP contribution in [0, 0.1) is 5.82 Å². The number of unbranched alkanes of at least 4 members (excludes halogenated alkanes) is 1.